The standard InChI is InChI=1S/C14H17NO3/c1-4-14(10-15,13(16)18-5-2)11-7-6-8-12(9-11)17-3/h6-9H,4-5H2,1-3H3/t14-/m0/s1. The molecule has 4 nitrogen and oxygen atoms in total. The van der Waals surface area contributed by atoms with Gasteiger partial charge in [-0.25, -0.2) is 4.79 Å². The lowest BCUT2D eigenvalue weighted by atomic mass is 9.79. The molecule has 0 aromatic heterocycles. The number of hydrogen-bond donors (Lipinski definition) is 0. The van der Waals surface area contributed by atoms with Crippen LogP contribution in [-0.2, 0) is 14.9 Å². The van der Waals surface area contributed by atoms with Gasteiger partial charge in [0.15, 0.2) is 5.41 Å². The van der Waals surface area contributed by atoms with Crippen LogP contribution in [0.15, 0.2) is 24.3 Å². The molecule has 0 unspecified atom stereocenters. The largest absolute Gasteiger partial charge is 0.497 e. The average molecular weight is 247 g/mol. The minimum absolute atomic E-state index is 0.256. The Kier molecular flexibility index (Phi) is 4.73. The fraction of sp³-hybridized carbons (Fsp3) is 0.429. The molecule has 1 aromatic rings. The van der Waals surface area contributed by atoms with Crippen molar-refractivity contribution in [2.45, 2.75) is 25.7 Å². The highest BCUT2D eigenvalue weighted by Crippen LogP contribution is 2.31. The maximum atomic E-state index is 12.0. The van der Waals surface area contributed by atoms with Crippen LogP contribution in [0, 0.1) is 11.3 Å². The summed E-state index contributed by atoms with van der Waals surface area (Å²) in [4.78, 5) is 12.0. The van der Waals surface area contributed by atoms with Crippen LogP contribution >= 0.6 is 0 Å². The van der Waals surface area contributed by atoms with Gasteiger partial charge in [0.1, 0.15) is 5.75 Å². The first-order chi connectivity index (χ1) is 8.64. The molecule has 1 rings (SSSR count). The Morgan fingerprint density at radius 1 is 1.44 bits per heavy atom. The Morgan fingerprint density at radius 3 is 2.67 bits per heavy atom. The molecule has 1 atom stereocenters. The number of nitriles is 1. The normalized spacial score (nSPS) is 13.2. The molecule has 0 saturated heterocycles. The first kappa shape index (κ1) is 14.0. The third kappa shape index (κ3) is 2.45. The van der Waals surface area contributed by atoms with E-state index in [4.69, 9.17) is 9.47 Å². The highest BCUT2D eigenvalue weighted by Gasteiger charge is 2.40. The van der Waals surface area contributed by atoms with Crippen molar-refractivity contribution in [2.24, 2.45) is 0 Å². The second kappa shape index (κ2) is 6.06. The molecule has 0 N–H and O–H groups in total. The van der Waals surface area contributed by atoms with Crippen LogP contribution in [0.5, 0.6) is 5.75 Å². The summed E-state index contributed by atoms with van der Waals surface area (Å²) in [6, 6.07) is 9.06. The van der Waals surface area contributed by atoms with Crippen molar-refractivity contribution in [3.63, 3.8) is 0 Å². The molecule has 4 heteroatoms. The second-order valence-corrected chi connectivity index (χ2v) is 3.82. The topological polar surface area (TPSA) is 59.3 Å². The molecule has 96 valence electrons. The van der Waals surface area contributed by atoms with E-state index in [1.807, 2.05) is 0 Å². The zero-order chi connectivity index (χ0) is 13.6. The van der Waals surface area contributed by atoms with E-state index in [2.05, 4.69) is 6.07 Å². The van der Waals surface area contributed by atoms with E-state index in [0.29, 0.717) is 17.7 Å². The van der Waals surface area contributed by atoms with E-state index in [-0.39, 0.29) is 6.61 Å². The van der Waals surface area contributed by atoms with E-state index in [1.54, 1.807) is 45.2 Å². The number of benzene rings is 1. The summed E-state index contributed by atoms with van der Waals surface area (Å²) in [6.45, 7) is 3.77. The first-order valence-corrected chi connectivity index (χ1v) is 5.87. The fourth-order valence-electron chi connectivity index (χ4n) is 1.80. The highest BCUT2D eigenvalue weighted by molar-refractivity contribution is 5.86. The van der Waals surface area contributed by atoms with Crippen LogP contribution in [0.2, 0.25) is 0 Å². The zero-order valence-corrected chi connectivity index (χ0v) is 10.9. The summed E-state index contributed by atoms with van der Waals surface area (Å²) in [5.41, 5.74) is -0.657. The van der Waals surface area contributed by atoms with Crippen molar-refractivity contribution in [1.82, 2.24) is 0 Å². The number of carbonyl (C=O) groups excluding carboxylic acids is 1. The summed E-state index contributed by atoms with van der Waals surface area (Å²) >= 11 is 0. The van der Waals surface area contributed by atoms with Crippen molar-refractivity contribution in [3.8, 4) is 11.8 Å². The molecule has 0 radical (unpaired) electrons. The van der Waals surface area contributed by atoms with Crippen molar-refractivity contribution in [3.05, 3.63) is 29.8 Å². The smallest absolute Gasteiger partial charge is 0.331 e. The maximum Gasteiger partial charge on any atom is 0.331 e. The van der Waals surface area contributed by atoms with Gasteiger partial charge < -0.3 is 9.47 Å². The summed E-state index contributed by atoms with van der Waals surface area (Å²) in [6.07, 6.45) is 0.357. The Balaban J connectivity index is 3.26. The van der Waals surface area contributed by atoms with Gasteiger partial charge in [0, 0.05) is 0 Å². The van der Waals surface area contributed by atoms with E-state index in [1.165, 1.54) is 0 Å². The van der Waals surface area contributed by atoms with E-state index >= 15 is 0 Å². The predicted molar refractivity (Wildman–Crippen MR) is 67.2 cm³/mol. The van der Waals surface area contributed by atoms with Crippen LogP contribution in [0.1, 0.15) is 25.8 Å². The summed E-state index contributed by atoms with van der Waals surface area (Å²) in [5, 5.41) is 9.40. The fourth-order valence-corrected chi connectivity index (χ4v) is 1.80. The van der Waals surface area contributed by atoms with Crippen LogP contribution in [0.3, 0.4) is 0 Å². The molecule has 0 spiro atoms. The summed E-state index contributed by atoms with van der Waals surface area (Å²) < 4.78 is 10.1. The van der Waals surface area contributed by atoms with Crippen LogP contribution in [-0.4, -0.2) is 19.7 Å². The number of ether oxygens (including phenoxy) is 2. The van der Waals surface area contributed by atoms with Crippen molar-refractivity contribution in [2.75, 3.05) is 13.7 Å². The zero-order valence-electron chi connectivity index (χ0n) is 10.9. The average Bonchev–Trinajstić information content (AvgIpc) is 2.41. The number of esters is 1. The molecular weight excluding hydrogens is 230 g/mol. The number of rotatable bonds is 5. The lowest BCUT2D eigenvalue weighted by Gasteiger charge is -2.23. The highest BCUT2D eigenvalue weighted by atomic mass is 16.5. The molecule has 0 aliphatic heterocycles. The van der Waals surface area contributed by atoms with Gasteiger partial charge in [-0.3, -0.25) is 0 Å². The number of nitrogens with zero attached hydrogens (tertiary/aromatic N) is 1. The summed E-state index contributed by atoms with van der Waals surface area (Å²) in [5.74, 6) is 0.105. The van der Waals surface area contributed by atoms with Gasteiger partial charge in [-0.2, -0.15) is 5.26 Å². The molecule has 0 bridgehead atoms. The van der Waals surface area contributed by atoms with E-state index in [9.17, 15) is 10.1 Å². The van der Waals surface area contributed by atoms with Gasteiger partial charge >= 0.3 is 5.97 Å². The molecule has 0 saturated carbocycles. The Hall–Kier alpha value is -2.02. The van der Waals surface area contributed by atoms with Gasteiger partial charge in [0.05, 0.1) is 19.8 Å². The van der Waals surface area contributed by atoms with Crippen LogP contribution in [0.25, 0.3) is 0 Å². The van der Waals surface area contributed by atoms with Crippen molar-refractivity contribution >= 4 is 5.97 Å². The summed E-state index contributed by atoms with van der Waals surface area (Å²) in [7, 11) is 1.55. The minimum atomic E-state index is -1.26. The Bertz CT molecular complexity index is 464. The maximum absolute atomic E-state index is 12.0. The third-order valence-electron chi connectivity index (χ3n) is 2.91. The molecule has 18 heavy (non-hydrogen) atoms. The number of hydrogen-bond acceptors (Lipinski definition) is 4. The van der Waals surface area contributed by atoms with Gasteiger partial charge in [0.2, 0.25) is 0 Å². The van der Waals surface area contributed by atoms with E-state index in [0.717, 1.165) is 0 Å². The monoisotopic (exact) mass is 247 g/mol. The van der Waals surface area contributed by atoms with Gasteiger partial charge in [-0.1, -0.05) is 19.1 Å². The number of carbonyl (C=O) groups is 1. The lowest BCUT2D eigenvalue weighted by molar-refractivity contribution is -0.148. The molecule has 0 aliphatic rings. The molecule has 1 aromatic carbocycles. The Labute approximate surface area is 107 Å². The molecule has 0 amide bonds. The molecule has 0 fully saturated rings. The predicted octanol–water partition coefficient (Wildman–Crippen LogP) is 2.43. The molecule has 0 aliphatic carbocycles. The first-order valence-electron chi connectivity index (χ1n) is 5.87. The molecule has 0 heterocycles. The van der Waals surface area contributed by atoms with Crippen molar-refractivity contribution in [1.29, 1.82) is 5.26 Å². The lowest BCUT2D eigenvalue weighted by Crippen LogP contribution is -2.35. The number of methoxy groups -OCH3 is 1. The van der Waals surface area contributed by atoms with Crippen LogP contribution in [0.4, 0.5) is 0 Å². The third-order valence-corrected chi connectivity index (χ3v) is 2.91. The Morgan fingerprint density at radius 2 is 2.17 bits per heavy atom. The van der Waals surface area contributed by atoms with Gasteiger partial charge in [-0.15, -0.1) is 0 Å². The SMILES string of the molecule is CCOC(=O)[C@](C#N)(CC)c1cccc(OC)c1. The molecular formula is C14H17NO3. The van der Waals surface area contributed by atoms with E-state index < -0.39 is 11.4 Å². The quantitative estimate of drug-likeness (QED) is 0.750. The van der Waals surface area contributed by atoms with Gasteiger partial charge in [0.25, 0.3) is 0 Å². The minimum Gasteiger partial charge on any atom is -0.497 e. The van der Waals surface area contributed by atoms with Crippen LogP contribution < -0.4 is 4.74 Å². The van der Waals surface area contributed by atoms with Crippen molar-refractivity contribution < 1.29 is 14.3 Å². The second-order valence-electron chi connectivity index (χ2n) is 3.82. The van der Waals surface area contributed by atoms with Gasteiger partial charge in [-0.05, 0) is 31.0 Å².